The van der Waals surface area contributed by atoms with Gasteiger partial charge in [0, 0.05) is 6.04 Å². The van der Waals surface area contributed by atoms with Gasteiger partial charge in [0.1, 0.15) is 0 Å². The quantitative estimate of drug-likeness (QED) is 0.708. The highest BCUT2D eigenvalue weighted by Gasteiger charge is 2.44. The van der Waals surface area contributed by atoms with Gasteiger partial charge in [0.05, 0.1) is 6.04 Å². The maximum absolute atomic E-state index is 12.0. The van der Waals surface area contributed by atoms with Gasteiger partial charge in [-0.1, -0.05) is 13.3 Å². The summed E-state index contributed by atoms with van der Waals surface area (Å²) >= 11 is 0. The first-order valence-electron chi connectivity index (χ1n) is 6.29. The molecular weight excluding hydrogens is 188 g/mol. The first-order chi connectivity index (χ1) is 7.25. The van der Waals surface area contributed by atoms with Crippen molar-refractivity contribution in [2.75, 3.05) is 6.54 Å². The van der Waals surface area contributed by atoms with Crippen LogP contribution in [-0.4, -0.2) is 24.5 Å². The summed E-state index contributed by atoms with van der Waals surface area (Å²) in [6.45, 7) is 3.26. The van der Waals surface area contributed by atoms with Gasteiger partial charge in [-0.05, 0) is 43.6 Å². The van der Waals surface area contributed by atoms with E-state index in [0.29, 0.717) is 17.9 Å². The van der Waals surface area contributed by atoms with E-state index in [1.54, 1.807) is 0 Å². The SMILES string of the molecule is CC1CC1NC(=O)C1NCC2CCCC21. The zero-order valence-corrected chi connectivity index (χ0v) is 9.33. The second-order valence-electron chi connectivity index (χ2n) is 5.57. The molecule has 0 aromatic carbocycles. The summed E-state index contributed by atoms with van der Waals surface area (Å²) in [5, 5.41) is 6.55. The van der Waals surface area contributed by atoms with E-state index in [2.05, 4.69) is 17.6 Å². The summed E-state index contributed by atoms with van der Waals surface area (Å²) in [7, 11) is 0. The van der Waals surface area contributed by atoms with E-state index in [9.17, 15) is 4.79 Å². The molecule has 1 heterocycles. The Hall–Kier alpha value is -0.570. The number of hydrogen-bond acceptors (Lipinski definition) is 2. The summed E-state index contributed by atoms with van der Waals surface area (Å²) in [4.78, 5) is 12.0. The minimum atomic E-state index is 0.116. The van der Waals surface area contributed by atoms with Gasteiger partial charge in [-0.25, -0.2) is 0 Å². The molecule has 3 rings (SSSR count). The lowest BCUT2D eigenvalue weighted by molar-refractivity contribution is -0.124. The summed E-state index contributed by atoms with van der Waals surface area (Å²) in [5.74, 6) is 2.37. The molecule has 3 fully saturated rings. The van der Waals surface area contributed by atoms with Crippen LogP contribution in [0.1, 0.15) is 32.6 Å². The number of nitrogens with one attached hydrogen (secondary N) is 2. The number of carbonyl (C=O) groups is 1. The topological polar surface area (TPSA) is 41.1 Å². The van der Waals surface area contributed by atoms with Gasteiger partial charge in [0.25, 0.3) is 0 Å². The van der Waals surface area contributed by atoms with Crippen LogP contribution < -0.4 is 10.6 Å². The highest BCUT2D eigenvalue weighted by molar-refractivity contribution is 5.83. The average molecular weight is 208 g/mol. The van der Waals surface area contributed by atoms with E-state index in [4.69, 9.17) is 0 Å². The van der Waals surface area contributed by atoms with Crippen LogP contribution in [-0.2, 0) is 4.79 Å². The third-order valence-corrected chi connectivity index (χ3v) is 4.47. The van der Waals surface area contributed by atoms with E-state index in [1.165, 1.54) is 25.7 Å². The average Bonchev–Trinajstić information content (AvgIpc) is 2.68. The highest BCUT2D eigenvalue weighted by atomic mass is 16.2. The molecule has 2 aliphatic carbocycles. The van der Waals surface area contributed by atoms with Crippen molar-refractivity contribution in [1.29, 1.82) is 0 Å². The molecule has 2 N–H and O–H groups in total. The Morgan fingerprint density at radius 1 is 1.40 bits per heavy atom. The fraction of sp³-hybridized carbons (Fsp3) is 0.917. The van der Waals surface area contributed by atoms with Crippen molar-refractivity contribution in [3.63, 3.8) is 0 Å². The third-order valence-electron chi connectivity index (χ3n) is 4.47. The van der Waals surface area contributed by atoms with Gasteiger partial charge in [-0.3, -0.25) is 4.79 Å². The fourth-order valence-corrected chi connectivity index (χ4v) is 3.27. The van der Waals surface area contributed by atoms with Crippen LogP contribution in [0.25, 0.3) is 0 Å². The van der Waals surface area contributed by atoms with Gasteiger partial charge in [0.15, 0.2) is 0 Å². The lowest BCUT2D eigenvalue weighted by Gasteiger charge is -2.17. The molecule has 3 aliphatic rings. The second kappa shape index (κ2) is 3.48. The molecule has 1 amide bonds. The lowest BCUT2D eigenvalue weighted by atomic mass is 9.93. The molecule has 0 aromatic heterocycles. The van der Waals surface area contributed by atoms with Crippen molar-refractivity contribution in [1.82, 2.24) is 10.6 Å². The number of hydrogen-bond donors (Lipinski definition) is 2. The number of rotatable bonds is 2. The summed E-state index contributed by atoms with van der Waals surface area (Å²) in [6.07, 6.45) is 5.06. The van der Waals surface area contributed by atoms with Crippen LogP contribution in [0, 0.1) is 17.8 Å². The van der Waals surface area contributed by atoms with Crippen molar-refractivity contribution < 1.29 is 4.79 Å². The van der Waals surface area contributed by atoms with Crippen LogP contribution in [0.4, 0.5) is 0 Å². The Morgan fingerprint density at radius 3 is 2.93 bits per heavy atom. The molecule has 0 aromatic rings. The molecule has 3 heteroatoms. The molecule has 0 bridgehead atoms. The van der Waals surface area contributed by atoms with Crippen molar-refractivity contribution in [3.8, 4) is 0 Å². The van der Waals surface area contributed by atoms with Crippen LogP contribution in [0.15, 0.2) is 0 Å². The Kier molecular flexibility index (Phi) is 2.23. The zero-order chi connectivity index (χ0) is 10.4. The Morgan fingerprint density at radius 2 is 2.20 bits per heavy atom. The molecule has 15 heavy (non-hydrogen) atoms. The van der Waals surface area contributed by atoms with Crippen molar-refractivity contribution in [2.24, 2.45) is 17.8 Å². The van der Waals surface area contributed by atoms with Crippen LogP contribution in [0.5, 0.6) is 0 Å². The molecule has 1 saturated heterocycles. The molecule has 3 nitrogen and oxygen atoms in total. The maximum atomic E-state index is 12.0. The molecule has 5 unspecified atom stereocenters. The molecule has 5 atom stereocenters. The summed E-state index contributed by atoms with van der Waals surface area (Å²) in [6, 6.07) is 0.588. The van der Waals surface area contributed by atoms with Gasteiger partial charge >= 0.3 is 0 Å². The number of fused-ring (bicyclic) bond motifs is 1. The first-order valence-corrected chi connectivity index (χ1v) is 6.29. The monoisotopic (exact) mass is 208 g/mol. The minimum absolute atomic E-state index is 0.116. The number of carbonyl (C=O) groups excluding carboxylic acids is 1. The predicted octanol–water partition coefficient (Wildman–Crippen LogP) is 0.899. The van der Waals surface area contributed by atoms with Crippen LogP contribution in [0.2, 0.25) is 0 Å². The number of amides is 1. The van der Waals surface area contributed by atoms with Crippen LogP contribution >= 0.6 is 0 Å². The molecule has 2 saturated carbocycles. The Balaban J connectivity index is 1.59. The molecule has 0 spiro atoms. The van der Waals surface area contributed by atoms with E-state index in [0.717, 1.165) is 12.5 Å². The lowest BCUT2D eigenvalue weighted by Crippen LogP contribution is -2.44. The second-order valence-corrected chi connectivity index (χ2v) is 5.57. The van der Waals surface area contributed by atoms with Crippen molar-refractivity contribution in [2.45, 2.75) is 44.7 Å². The Labute approximate surface area is 91.0 Å². The van der Waals surface area contributed by atoms with E-state index in [-0.39, 0.29) is 11.9 Å². The van der Waals surface area contributed by atoms with E-state index in [1.807, 2.05) is 0 Å². The molecule has 1 aliphatic heterocycles. The van der Waals surface area contributed by atoms with Gasteiger partial charge in [-0.15, -0.1) is 0 Å². The summed E-state index contributed by atoms with van der Waals surface area (Å²) in [5.41, 5.74) is 0. The zero-order valence-electron chi connectivity index (χ0n) is 9.33. The molecular formula is C12H20N2O. The standard InChI is InChI=1S/C12H20N2O/c1-7-5-10(7)14-12(15)11-9-4-2-3-8(9)6-13-11/h7-11,13H,2-6H2,1H3,(H,14,15). The van der Waals surface area contributed by atoms with Crippen LogP contribution in [0.3, 0.4) is 0 Å². The van der Waals surface area contributed by atoms with Crippen molar-refractivity contribution in [3.05, 3.63) is 0 Å². The first kappa shape index (κ1) is 9.64. The van der Waals surface area contributed by atoms with Gasteiger partial charge < -0.3 is 10.6 Å². The fourth-order valence-electron chi connectivity index (χ4n) is 3.27. The predicted molar refractivity (Wildman–Crippen MR) is 58.3 cm³/mol. The smallest absolute Gasteiger partial charge is 0.237 e. The minimum Gasteiger partial charge on any atom is -0.352 e. The van der Waals surface area contributed by atoms with E-state index < -0.39 is 0 Å². The third kappa shape index (κ3) is 1.67. The summed E-state index contributed by atoms with van der Waals surface area (Å²) < 4.78 is 0. The Bertz CT molecular complexity index is 279. The van der Waals surface area contributed by atoms with Gasteiger partial charge in [0.2, 0.25) is 5.91 Å². The van der Waals surface area contributed by atoms with E-state index >= 15 is 0 Å². The molecule has 84 valence electrons. The normalized spacial score (nSPS) is 47.7. The van der Waals surface area contributed by atoms with Gasteiger partial charge in [-0.2, -0.15) is 0 Å². The maximum Gasteiger partial charge on any atom is 0.237 e. The van der Waals surface area contributed by atoms with Crippen molar-refractivity contribution >= 4 is 5.91 Å². The molecule has 0 radical (unpaired) electrons. The largest absolute Gasteiger partial charge is 0.352 e. The highest BCUT2D eigenvalue weighted by Crippen LogP contribution is 2.38.